The molecule has 0 radical (unpaired) electrons. The van der Waals surface area contributed by atoms with E-state index in [1.165, 1.54) is 17.7 Å². The van der Waals surface area contributed by atoms with Crippen LogP contribution in [0.2, 0.25) is 0 Å². The van der Waals surface area contributed by atoms with Crippen molar-refractivity contribution in [2.24, 2.45) is 0 Å². The smallest absolute Gasteiger partial charge is 0.124 e. The summed E-state index contributed by atoms with van der Waals surface area (Å²) in [6.07, 6.45) is 0.754. The third-order valence-corrected chi connectivity index (χ3v) is 3.88. The fourth-order valence-corrected chi connectivity index (χ4v) is 3.09. The molecule has 2 aromatic rings. The lowest BCUT2D eigenvalue weighted by Crippen LogP contribution is -1.98. The molecule has 0 spiro atoms. The number of halogens is 3. The Morgan fingerprint density at radius 3 is 2.47 bits per heavy atom. The zero-order chi connectivity index (χ0) is 12.3. The first kappa shape index (κ1) is 12.8. The molecule has 0 aliphatic rings. The predicted molar refractivity (Wildman–Crippen MR) is 77.9 cm³/mol. The van der Waals surface area contributed by atoms with E-state index < -0.39 is 0 Å². The molecule has 0 aliphatic heterocycles. The van der Waals surface area contributed by atoms with Crippen molar-refractivity contribution in [2.75, 3.05) is 0 Å². The van der Waals surface area contributed by atoms with Crippen LogP contribution >= 0.6 is 34.2 Å². The Morgan fingerprint density at radius 2 is 1.82 bits per heavy atom. The van der Waals surface area contributed by atoms with Gasteiger partial charge in [-0.15, -0.1) is 11.6 Å². The molecule has 1 atom stereocenters. The van der Waals surface area contributed by atoms with Crippen LogP contribution in [0.5, 0.6) is 0 Å². The van der Waals surface area contributed by atoms with Crippen LogP contribution in [0.15, 0.2) is 48.5 Å². The van der Waals surface area contributed by atoms with Crippen LogP contribution in [0, 0.1) is 9.39 Å². The van der Waals surface area contributed by atoms with Crippen molar-refractivity contribution in [1.29, 1.82) is 0 Å². The number of hydrogen-bond acceptors (Lipinski definition) is 0. The van der Waals surface area contributed by atoms with Gasteiger partial charge in [0.15, 0.2) is 0 Å². The highest BCUT2D eigenvalue weighted by molar-refractivity contribution is 14.1. The maximum Gasteiger partial charge on any atom is 0.124 e. The molecule has 2 aromatic carbocycles. The molecular weight excluding hydrogens is 350 g/mol. The van der Waals surface area contributed by atoms with Gasteiger partial charge in [-0.25, -0.2) is 4.39 Å². The molecule has 0 aliphatic carbocycles. The van der Waals surface area contributed by atoms with Gasteiger partial charge in [0, 0.05) is 3.57 Å². The Kier molecular flexibility index (Phi) is 4.40. The van der Waals surface area contributed by atoms with E-state index in [2.05, 4.69) is 22.6 Å². The van der Waals surface area contributed by atoms with Gasteiger partial charge in [-0.2, -0.15) is 0 Å². The van der Waals surface area contributed by atoms with E-state index in [4.69, 9.17) is 11.6 Å². The zero-order valence-electron chi connectivity index (χ0n) is 9.04. The molecule has 0 amide bonds. The van der Waals surface area contributed by atoms with E-state index in [9.17, 15) is 4.39 Å². The van der Waals surface area contributed by atoms with Crippen molar-refractivity contribution < 1.29 is 4.39 Å². The van der Waals surface area contributed by atoms with E-state index in [1.807, 2.05) is 30.3 Å². The summed E-state index contributed by atoms with van der Waals surface area (Å²) >= 11 is 8.49. The second kappa shape index (κ2) is 5.83. The summed E-state index contributed by atoms with van der Waals surface area (Å²) in [7, 11) is 0. The summed E-state index contributed by atoms with van der Waals surface area (Å²) in [5.41, 5.74) is 2.17. The minimum atomic E-state index is -0.221. The Labute approximate surface area is 119 Å². The average molecular weight is 361 g/mol. The van der Waals surface area contributed by atoms with Crippen molar-refractivity contribution in [3.8, 4) is 0 Å². The SMILES string of the molecule is Fc1ccc(C(Cl)Cc2ccccc2)c(I)c1. The molecule has 0 heterocycles. The van der Waals surface area contributed by atoms with Gasteiger partial charge in [0.2, 0.25) is 0 Å². The third-order valence-electron chi connectivity index (χ3n) is 2.56. The highest BCUT2D eigenvalue weighted by Crippen LogP contribution is 2.29. The first-order valence-electron chi connectivity index (χ1n) is 5.30. The van der Waals surface area contributed by atoms with E-state index >= 15 is 0 Å². The molecular formula is C14H11ClFI. The summed E-state index contributed by atoms with van der Waals surface area (Å²) in [5, 5.41) is -0.120. The molecule has 0 fully saturated rings. The van der Waals surface area contributed by atoms with Gasteiger partial charge in [-0.3, -0.25) is 0 Å². The highest BCUT2D eigenvalue weighted by atomic mass is 127. The first-order chi connectivity index (χ1) is 8.16. The molecule has 0 N–H and O–H groups in total. The van der Waals surface area contributed by atoms with Crippen LogP contribution in [0.4, 0.5) is 4.39 Å². The fraction of sp³-hybridized carbons (Fsp3) is 0.143. The maximum absolute atomic E-state index is 13.0. The molecule has 88 valence electrons. The molecule has 0 nitrogen and oxygen atoms in total. The molecule has 2 rings (SSSR count). The minimum absolute atomic E-state index is 0.120. The summed E-state index contributed by atoms with van der Waals surface area (Å²) in [6.45, 7) is 0. The van der Waals surface area contributed by atoms with Crippen molar-refractivity contribution in [3.05, 3.63) is 69.0 Å². The highest BCUT2D eigenvalue weighted by Gasteiger charge is 2.12. The van der Waals surface area contributed by atoms with Gasteiger partial charge in [0.25, 0.3) is 0 Å². The predicted octanol–water partition coefficient (Wildman–Crippen LogP) is 4.95. The van der Waals surface area contributed by atoms with Crippen molar-refractivity contribution in [2.45, 2.75) is 11.8 Å². The average Bonchev–Trinajstić information content (AvgIpc) is 2.30. The Morgan fingerprint density at radius 1 is 1.12 bits per heavy atom. The Balaban J connectivity index is 2.17. The second-order valence-corrected chi connectivity index (χ2v) is 5.51. The van der Waals surface area contributed by atoms with Gasteiger partial charge in [-0.05, 0) is 52.3 Å². The van der Waals surface area contributed by atoms with Crippen LogP contribution in [0.1, 0.15) is 16.5 Å². The number of hydrogen-bond donors (Lipinski definition) is 0. The lowest BCUT2D eigenvalue weighted by molar-refractivity contribution is 0.625. The van der Waals surface area contributed by atoms with Crippen molar-refractivity contribution in [1.82, 2.24) is 0 Å². The molecule has 0 aromatic heterocycles. The van der Waals surface area contributed by atoms with Gasteiger partial charge in [0.1, 0.15) is 5.82 Å². The maximum atomic E-state index is 13.0. The monoisotopic (exact) mass is 360 g/mol. The van der Waals surface area contributed by atoms with Crippen LogP contribution in [0.25, 0.3) is 0 Å². The Hall–Kier alpha value is -0.610. The first-order valence-corrected chi connectivity index (χ1v) is 6.81. The second-order valence-electron chi connectivity index (χ2n) is 3.82. The molecule has 0 saturated heterocycles. The summed E-state index contributed by atoms with van der Waals surface area (Å²) < 4.78 is 13.9. The third kappa shape index (κ3) is 3.42. The summed E-state index contributed by atoms with van der Waals surface area (Å²) in [6, 6.07) is 14.8. The lowest BCUT2D eigenvalue weighted by atomic mass is 10.0. The van der Waals surface area contributed by atoms with Gasteiger partial charge < -0.3 is 0 Å². The van der Waals surface area contributed by atoms with E-state index in [0.29, 0.717) is 0 Å². The Bertz CT molecular complexity index is 499. The topological polar surface area (TPSA) is 0 Å². The number of alkyl halides is 1. The quantitative estimate of drug-likeness (QED) is 0.536. The normalized spacial score (nSPS) is 12.4. The van der Waals surface area contributed by atoms with Crippen LogP contribution in [-0.2, 0) is 6.42 Å². The molecule has 0 saturated carbocycles. The van der Waals surface area contributed by atoms with Crippen molar-refractivity contribution in [3.63, 3.8) is 0 Å². The lowest BCUT2D eigenvalue weighted by Gasteiger charge is -2.12. The van der Waals surface area contributed by atoms with Gasteiger partial charge in [0.05, 0.1) is 5.38 Å². The minimum Gasteiger partial charge on any atom is -0.207 e. The zero-order valence-corrected chi connectivity index (χ0v) is 12.0. The standard InChI is InChI=1S/C14H11ClFI/c15-13(8-10-4-2-1-3-5-10)12-7-6-11(16)9-14(12)17/h1-7,9,13H,8H2. The van der Waals surface area contributed by atoms with Gasteiger partial charge in [-0.1, -0.05) is 36.4 Å². The van der Waals surface area contributed by atoms with E-state index in [0.717, 1.165) is 15.6 Å². The molecule has 3 heteroatoms. The van der Waals surface area contributed by atoms with E-state index in [-0.39, 0.29) is 11.2 Å². The molecule has 17 heavy (non-hydrogen) atoms. The fourth-order valence-electron chi connectivity index (χ4n) is 1.69. The largest absolute Gasteiger partial charge is 0.207 e. The number of benzene rings is 2. The van der Waals surface area contributed by atoms with Crippen molar-refractivity contribution >= 4 is 34.2 Å². The molecule has 0 bridgehead atoms. The van der Waals surface area contributed by atoms with Crippen LogP contribution in [-0.4, -0.2) is 0 Å². The number of rotatable bonds is 3. The van der Waals surface area contributed by atoms with Crippen LogP contribution in [0.3, 0.4) is 0 Å². The van der Waals surface area contributed by atoms with Crippen LogP contribution < -0.4 is 0 Å². The summed E-state index contributed by atoms with van der Waals surface area (Å²) in [4.78, 5) is 0. The molecule has 1 unspecified atom stereocenters. The summed E-state index contributed by atoms with van der Waals surface area (Å²) in [5.74, 6) is -0.221. The van der Waals surface area contributed by atoms with E-state index in [1.54, 1.807) is 6.07 Å². The van der Waals surface area contributed by atoms with Gasteiger partial charge >= 0.3 is 0 Å².